The molecule has 0 radical (unpaired) electrons. The standard InChI is InChI=1S/C30H20Br2N8O2S/c31-23-17-33-39-27(15-25(36-29(23)39)19-7-3-1-4-8-19)35-21-11-13-22(14-12-21)43(41,42)38-28-16-26(20-9-5-2-6-10-20)37-30-24(32)18-34-40(28)30/h1-18,35,38H. The molecule has 0 amide bonds. The number of anilines is 3. The Bertz CT molecular complexity index is 2220. The highest BCUT2D eigenvalue weighted by Crippen LogP contribution is 2.30. The van der Waals surface area contributed by atoms with E-state index in [1.165, 1.54) is 16.6 Å². The van der Waals surface area contributed by atoms with E-state index in [-0.39, 0.29) is 10.7 Å². The van der Waals surface area contributed by atoms with Gasteiger partial charge in [-0.15, -0.1) is 0 Å². The second kappa shape index (κ2) is 10.9. The molecule has 4 heterocycles. The Labute approximate surface area is 262 Å². The Hall–Kier alpha value is -4.59. The van der Waals surface area contributed by atoms with Gasteiger partial charge in [-0.2, -0.15) is 19.2 Å². The maximum absolute atomic E-state index is 13.5. The number of halogens is 2. The van der Waals surface area contributed by atoms with Gasteiger partial charge in [-0.3, -0.25) is 4.72 Å². The van der Waals surface area contributed by atoms with Crippen molar-refractivity contribution in [1.29, 1.82) is 0 Å². The zero-order valence-corrected chi connectivity index (χ0v) is 26.0. The van der Waals surface area contributed by atoms with Crippen molar-refractivity contribution < 1.29 is 8.42 Å². The first kappa shape index (κ1) is 27.3. The van der Waals surface area contributed by atoms with Gasteiger partial charge in [0, 0.05) is 28.9 Å². The number of benzene rings is 3. The zero-order valence-electron chi connectivity index (χ0n) is 22.1. The van der Waals surface area contributed by atoms with Crippen LogP contribution in [0.25, 0.3) is 33.8 Å². The Kier molecular flexibility index (Phi) is 6.92. The normalized spacial score (nSPS) is 11.7. The summed E-state index contributed by atoms with van der Waals surface area (Å²) in [7, 11) is -3.97. The fourth-order valence-electron chi connectivity index (χ4n) is 4.61. The summed E-state index contributed by atoms with van der Waals surface area (Å²) in [5.41, 5.74) is 4.99. The Morgan fingerprint density at radius 1 is 0.628 bits per heavy atom. The van der Waals surface area contributed by atoms with Crippen LogP contribution in [0.2, 0.25) is 0 Å². The van der Waals surface area contributed by atoms with E-state index in [0.717, 1.165) is 21.3 Å². The summed E-state index contributed by atoms with van der Waals surface area (Å²) in [5, 5.41) is 12.1. The SMILES string of the molecule is O=S(=O)(Nc1cc(-c2ccccc2)nc2c(Br)cnn12)c1ccc(Nc2cc(-c3ccccc3)nc3c(Br)cnn23)cc1. The minimum Gasteiger partial charge on any atom is -0.340 e. The van der Waals surface area contributed by atoms with Crippen molar-refractivity contribution in [2.24, 2.45) is 0 Å². The molecule has 3 aromatic carbocycles. The second-order valence-electron chi connectivity index (χ2n) is 9.50. The summed E-state index contributed by atoms with van der Waals surface area (Å²) in [6.07, 6.45) is 3.26. The maximum atomic E-state index is 13.5. The molecule has 0 aliphatic heterocycles. The second-order valence-corrected chi connectivity index (χ2v) is 12.9. The average molecular weight is 716 g/mol. The first-order chi connectivity index (χ1) is 20.9. The van der Waals surface area contributed by atoms with Crippen LogP contribution in [0.3, 0.4) is 0 Å². The molecule has 0 fully saturated rings. The Balaban J connectivity index is 1.20. The van der Waals surface area contributed by atoms with E-state index in [9.17, 15) is 8.42 Å². The van der Waals surface area contributed by atoms with Gasteiger partial charge in [-0.25, -0.2) is 18.4 Å². The van der Waals surface area contributed by atoms with E-state index in [1.54, 1.807) is 35.1 Å². The van der Waals surface area contributed by atoms with Gasteiger partial charge >= 0.3 is 0 Å². The molecule has 43 heavy (non-hydrogen) atoms. The van der Waals surface area contributed by atoms with Crippen LogP contribution in [0.5, 0.6) is 0 Å². The molecule has 2 N–H and O–H groups in total. The molecule has 10 nitrogen and oxygen atoms in total. The van der Waals surface area contributed by atoms with Crippen molar-refractivity contribution in [3.05, 3.63) is 118 Å². The smallest absolute Gasteiger partial charge is 0.263 e. The van der Waals surface area contributed by atoms with Crippen molar-refractivity contribution in [2.45, 2.75) is 4.90 Å². The summed E-state index contributed by atoms with van der Waals surface area (Å²) >= 11 is 6.98. The van der Waals surface area contributed by atoms with Gasteiger partial charge in [-0.05, 0) is 56.1 Å². The summed E-state index contributed by atoms with van der Waals surface area (Å²) < 4.78 is 34.3. The number of nitrogens with one attached hydrogen (secondary N) is 2. The predicted octanol–water partition coefficient (Wildman–Crippen LogP) is 7.18. The van der Waals surface area contributed by atoms with Crippen molar-refractivity contribution in [3.63, 3.8) is 0 Å². The molecule has 13 heteroatoms. The molecule has 0 atom stereocenters. The summed E-state index contributed by atoms with van der Waals surface area (Å²) in [6.45, 7) is 0. The molecular formula is C30H20Br2N8O2S. The van der Waals surface area contributed by atoms with Crippen molar-refractivity contribution in [1.82, 2.24) is 29.2 Å². The monoisotopic (exact) mass is 714 g/mol. The van der Waals surface area contributed by atoms with E-state index in [2.05, 4.69) is 57.1 Å². The molecule has 7 rings (SSSR count). The van der Waals surface area contributed by atoms with E-state index < -0.39 is 10.0 Å². The van der Waals surface area contributed by atoms with Crippen LogP contribution in [0.15, 0.2) is 123 Å². The molecule has 0 saturated heterocycles. The third kappa shape index (κ3) is 5.26. The number of hydrogen-bond acceptors (Lipinski definition) is 7. The van der Waals surface area contributed by atoms with Gasteiger partial charge in [0.05, 0.1) is 37.6 Å². The molecule has 4 aromatic heterocycles. The van der Waals surface area contributed by atoms with Crippen LogP contribution in [-0.4, -0.2) is 37.6 Å². The zero-order chi connectivity index (χ0) is 29.6. The van der Waals surface area contributed by atoms with Crippen molar-refractivity contribution >= 4 is 70.5 Å². The lowest BCUT2D eigenvalue weighted by Gasteiger charge is -2.13. The lowest BCUT2D eigenvalue weighted by Crippen LogP contribution is -2.16. The quantitative estimate of drug-likeness (QED) is 0.180. The fraction of sp³-hybridized carbons (Fsp3) is 0. The van der Waals surface area contributed by atoms with Crippen LogP contribution in [0, 0.1) is 0 Å². The summed E-state index contributed by atoms with van der Waals surface area (Å²) in [5.74, 6) is 0.925. The van der Waals surface area contributed by atoms with Crippen LogP contribution in [0.4, 0.5) is 17.3 Å². The molecule has 0 aliphatic carbocycles. The predicted molar refractivity (Wildman–Crippen MR) is 173 cm³/mol. The molecule has 0 unspecified atom stereocenters. The Morgan fingerprint density at radius 3 is 1.65 bits per heavy atom. The van der Waals surface area contributed by atoms with Gasteiger partial charge in [0.1, 0.15) is 11.6 Å². The number of hydrogen-bond donors (Lipinski definition) is 2. The lowest BCUT2D eigenvalue weighted by molar-refractivity contribution is 0.601. The van der Waals surface area contributed by atoms with E-state index in [0.29, 0.717) is 33.0 Å². The average Bonchev–Trinajstić information content (AvgIpc) is 3.60. The van der Waals surface area contributed by atoms with E-state index in [4.69, 9.17) is 4.98 Å². The fourth-order valence-corrected chi connectivity index (χ4v) is 6.34. The van der Waals surface area contributed by atoms with Gasteiger partial charge in [0.25, 0.3) is 10.0 Å². The van der Waals surface area contributed by atoms with Crippen molar-refractivity contribution in [3.8, 4) is 22.5 Å². The highest BCUT2D eigenvalue weighted by molar-refractivity contribution is 9.11. The number of rotatable bonds is 7. The van der Waals surface area contributed by atoms with Crippen molar-refractivity contribution in [2.75, 3.05) is 10.0 Å². The van der Waals surface area contributed by atoms with Gasteiger partial charge < -0.3 is 5.32 Å². The minimum atomic E-state index is -3.97. The lowest BCUT2D eigenvalue weighted by atomic mass is 10.1. The highest BCUT2D eigenvalue weighted by Gasteiger charge is 2.19. The third-order valence-electron chi connectivity index (χ3n) is 6.67. The third-order valence-corrected chi connectivity index (χ3v) is 9.16. The molecule has 212 valence electrons. The molecular weight excluding hydrogens is 696 g/mol. The highest BCUT2D eigenvalue weighted by atomic mass is 79.9. The topological polar surface area (TPSA) is 119 Å². The maximum Gasteiger partial charge on any atom is 0.263 e. The molecule has 0 saturated carbocycles. The largest absolute Gasteiger partial charge is 0.340 e. The Morgan fingerprint density at radius 2 is 1.12 bits per heavy atom. The van der Waals surface area contributed by atoms with Crippen LogP contribution >= 0.6 is 31.9 Å². The van der Waals surface area contributed by atoms with Crippen LogP contribution < -0.4 is 10.0 Å². The van der Waals surface area contributed by atoms with E-state index in [1.807, 2.05) is 66.7 Å². The van der Waals surface area contributed by atoms with Gasteiger partial charge in [0.2, 0.25) is 0 Å². The summed E-state index contributed by atoms with van der Waals surface area (Å²) in [6, 6.07) is 29.4. The minimum absolute atomic E-state index is 0.0854. The molecule has 0 aliphatic rings. The molecule has 7 aromatic rings. The van der Waals surface area contributed by atoms with Gasteiger partial charge in [0.15, 0.2) is 11.3 Å². The number of nitrogens with zero attached hydrogens (tertiary/aromatic N) is 6. The van der Waals surface area contributed by atoms with Crippen LogP contribution in [0.1, 0.15) is 0 Å². The molecule has 0 bridgehead atoms. The molecule has 0 spiro atoms. The number of aromatic nitrogens is 6. The summed E-state index contributed by atoms with van der Waals surface area (Å²) in [4.78, 5) is 9.50. The van der Waals surface area contributed by atoms with Crippen LogP contribution in [-0.2, 0) is 10.0 Å². The first-order valence-electron chi connectivity index (χ1n) is 12.9. The number of sulfonamides is 1. The first-order valence-corrected chi connectivity index (χ1v) is 16.0. The number of fused-ring (bicyclic) bond motifs is 2. The van der Waals surface area contributed by atoms with Gasteiger partial charge in [-0.1, -0.05) is 60.7 Å². The van der Waals surface area contributed by atoms with E-state index >= 15 is 0 Å².